The first-order valence-electron chi connectivity index (χ1n) is 6.97. The summed E-state index contributed by atoms with van der Waals surface area (Å²) in [7, 11) is 0. The van der Waals surface area contributed by atoms with Gasteiger partial charge in [0.05, 0.1) is 12.5 Å². The Labute approximate surface area is 128 Å². The molecule has 5 heteroatoms. The van der Waals surface area contributed by atoms with Gasteiger partial charge in [0.1, 0.15) is 5.75 Å². The fourth-order valence-corrected chi connectivity index (χ4v) is 2.25. The Hall–Kier alpha value is -2.69. The Morgan fingerprint density at radius 3 is 2.41 bits per heavy atom. The Morgan fingerprint density at radius 2 is 1.82 bits per heavy atom. The van der Waals surface area contributed by atoms with Gasteiger partial charge in [0.2, 0.25) is 0 Å². The van der Waals surface area contributed by atoms with E-state index in [1.165, 1.54) is 18.2 Å². The third-order valence-corrected chi connectivity index (χ3v) is 3.36. The molecule has 0 radical (unpaired) electrons. The zero-order valence-electron chi connectivity index (χ0n) is 12.2. The molecule has 2 rings (SSSR count). The van der Waals surface area contributed by atoms with E-state index in [0.29, 0.717) is 17.9 Å². The highest BCUT2D eigenvalue weighted by Crippen LogP contribution is 2.30. The molecule has 0 saturated heterocycles. The zero-order chi connectivity index (χ0) is 16.1. The van der Waals surface area contributed by atoms with E-state index < -0.39 is 11.9 Å². The van der Waals surface area contributed by atoms with Gasteiger partial charge in [0, 0.05) is 0 Å². The van der Waals surface area contributed by atoms with Gasteiger partial charge in [-0.15, -0.1) is 0 Å². The molecule has 2 aromatic rings. The van der Waals surface area contributed by atoms with Crippen LogP contribution in [0.2, 0.25) is 0 Å². The van der Waals surface area contributed by atoms with Crippen LogP contribution >= 0.6 is 0 Å². The summed E-state index contributed by atoms with van der Waals surface area (Å²) in [5.41, 5.74) is 1.36. The number of phenolic OH excluding ortho intramolecular Hbond substituents is 2. The number of aliphatic carboxylic acids is 1. The van der Waals surface area contributed by atoms with Crippen molar-refractivity contribution in [1.82, 2.24) is 0 Å². The van der Waals surface area contributed by atoms with Crippen molar-refractivity contribution in [2.45, 2.75) is 19.3 Å². The second-order valence-electron chi connectivity index (χ2n) is 4.92. The number of carboxylic acids is 1. The number of phenols is 2. The minimum atomic E-state index is -0.947. The fourth-order valence-electron chi connectivity index (χ4n) is 2.25. The third-order valence-electron chi connectivity index (χ3n) is 3.36. The van der Waals surface area contributed by atoms with Gasteiger partial charge in [0.15, 0.2) is 11.5 Å². The lowest BCUT2D eigenvalue weighted by Gasteiger charge is -2.14. The summed E-state index contributed by atoms with van der Waals surface area (Å²) >= 11 is 0. The average Bonchev–Trinajstić information content (AvgIpc) is 2.49. The van der Waals surface area contributed by atoms with Gasteiger partial charge in [-0.1, -0.05) is 18.2 Å². The fraction of sp³-hybridized carbons (Fsp3) is 0.235. The highest BCUT2D eigenvalue weighted by atomic mass is 16.5. The summed E-state index contributed by atoms with van der Waals surface area (Å²) in [5.74, 6) is -1.22. The number of carboxylic acid groups (broad SMARTS) is 1. The molecule has 2 aromatic carbocycles. The van der Waals surface area contributed by atoms with Crippen molar-refractivity contribution in [2.24, 2.45) is 0 Å². The van der Waals surface area contributed by atoms with E-state index in [2.05, 4.69) is 0 Å². The SMILES string of the molecule is CCOc1cc(CC(C(=O)O)c2ccc(O)cc2)ccc1O. The molecule has 1 atom stereocenters. The molecule has 1 unspecified atom stereocenters. The largest absolute Gasteiger partial charge is 0.508 e. The lowest BCUT2D eigenvalue weighted by Crippen LogP contribution is -2.14. The quantitative estimate of drug-likeness (QED) is 0.763. The molecule has 0 aliphatic heterocycles. The smallest absolute Gasteiger partial charge is 0.311 e. The summed E-state index contributed by atoms with van der Waals surface area (Å²) in [6, 6.07) is 10.9. The number of rotatable bonds is 6. The number of aromatic hydroxyl groups is 2. The number of ether oxygens (including phenoxy) is 1. The van der Waals surface area contributed by atoms with E-state index >= 15 is 0 Å². The minimum absolute atomic E-state index is 0.0297. The summed E-state index contributed by atoms with van der Waals surface area (Å²) in [6.45, 7) is 2.22. The minimum Gasteiger partial charge on any atom is -0.508 e. The van der Waals surface area contributed by atoms with E-state index in [-0.39, 0.29) is 17.9 Å². The predicted octanol–water partition coefficient (Wildman–Crippen LogP) is 2.91. The van der Waals surface area contributed by atoms with E-state index in [0.717, 1.165) is 5.56 Å². The normalized spacial score (nSPS) is 11.9. The zero-order valence-corrected chi connectivity index (χ0v) is 12.2. The molecule has 0 aliphatic rings. The van der Waals surface area contributed by atoms with Crippen LogP contribution in [-0.2, 0) is 11.2 Å². The number of benzene rings is 2. The highest BCUT2D eigenvalue weighted by Gasteiger charge is 2.21. The number of hydrogen-bond donors (Lipinski definition) is 3. The molecule has 0 fully saturated rings. The average molecular weight is 302 g/mol. The maximum atomic E-state index is 11.5. The topological polar surface area (TPSA) is 87.0 Å². The number of hydrogen-bond acceptors (Lipinski definition) is 4. The molecule has 0 bridgehead atoms. The molecule has 0 aliphatic carbocycles. The lowest BCUT2D eigenvalue weighted by atomic mass is 9.92. The molecule has 0 heterocycles. The van der Waals surface area contributed by atoms with Crippen molar-refractivity contribution in [2.75, 3.05) is 6.61 Å². The lowest BCUT2D eigenvalue weighted by molar-refractivity contribution is -0.138. The Morgan fingerprint density at radius 1 is 1.14 bits per heavy atom. The van der Waals surface area contributed by atoms with Gasteiger partial charge in [0.25, 0.3) is 0 Å². The molecule has 0 saturated carbocycles. The molecule has 5 nitrogen and oxygen atoms in total. The van der Waals surface area contributed by atoms with Crippen LogP contribution < -0.4 is 4.74 Å². The van der Waals surface area contributed by atoms with Crippen LogP contribution in [0.25, 0.3) is 0 Å². The van der Waals surface area contributed by atoms with E-state index in [1.54, 1.807) is 24.3 Å². The van der Waals surface area contributed by atoms with Crippen molar-refractivity contribution >= 4 is 5.97 Å². The standard InChI is InChI=1S/C17H18O5/c1-2-22-16-10-11(3-8-15(16)19)9-14(17(20)21)12-4-6-13(18)7-5-12/h3-8,10,14,18-19H,2,9H2,1H3,(H,20,21). The Bertz CT molecular complexity index is 649. The number of carbonyl (C=O) groups is 1. The molecular formula is C17H18O5. The van der Waals surface area contributed by atoms with Gasteiger partial charge in [-0.05, 0) is 48.7 Å². The highest BCUT2D eigenvalue weighted by molar-refractivity contribution is 5.76. The second-order valence-corrected chi connectivity index (χ2v) is 4.92. The first kappa shape index (κ1) is 15.7. The Kier molecular flexibility index (Phi) is 4.88. The van der Waals surface area contributed by atoms with Crippen molar-refractivity contribution in [3.05, 3.63) is 53.6 Å². The van der Waals surface area contributed by atoms with Crippen LogP contribution in [0.5, 0.6) is 17.2 Å². The van der Waals surface area contributed by atoms with Crippen molar-refractivity contribution in [3.8, 4) is 17.2 Å². The van der Waals surface area contributed by atoms with Crippen LogP contribution in [0.3, 0.4) is 0 Å². The second kappa shape index (κ2) is 6.85. The third kappa shape index (κ3) is 3.69. The van der Waals surface area contributed by atoms with Gasteiger partial charge in [-0.3, -0.25) is 4.79 Å². The molecule has 116 valence electrons. The predicted molar refractivity (Wildman–Crippen MR) is 81.5 cm³/mol. The van der Waals surface area contributed by atoms with Crippen molar-refractivity contribution < 1.29 is 24.9 Å². The summed E-state index contributed by atoms with van der Waals surface area (Å²) < 4.78 is 5.31. The van der Waals surface area contributed by atoms with Crippen molar-refractivity contribution in [1.29, 1.82) is 0 Å². The maximum Gasteiger partial charge on any atom is 0.311 e. The summed E-state index contributed by atoms with van der Waals surface area (Å²) in [6.07, 6.45) is 0.264. The van der Waals surface area contributed by atoms with Crippen LogP contribution in [0, 0.1) is 0 Å². The molecule has 0 aromatic heterocycles. The van der Waals surface area contributed by atoms with E-state index in [9.17, 15) is 20.1 Å². The molecule has 0 amide bonds. The molecular weight excluding hydrogens is 284 g/mol. The molecule has 0 spiro atoms. The van der Waals surface area contributed by atoms with E-state index in [1.807, 2.05) is 6.92 Å². The summed E-state index contributed by atoms with van der Waals surface area (Å²) in [4.78, 5) is 11.5. The van der Waals surface area contributed by atoms with Crippen LogP contribution in [0.15, 0.2) is 42.5 Å². The Balaban J connectivity index is 2.26. The monoisotopic (exact) mass is 302 g/mol. The van der Waals surface area contributed by atoms with Gasteiger partial charge >= 0.3 is 5.97 Å². The molecule has 22 heavy (non-hydrogen) atoms. The summed E-state index contributed by atoms with van der Waals surface area (Å²) in [5, 5.41) is 28.4. The van der Waals surface area contributed by atoms with Crippen molar-refractivity contribution in [3.63, 3.8) is 0 Å². The van der Waals surface area contributed by atoms with Crippen LogP contribution in [0.4, 0.5) is 0 Å². The van der Waals surface area contributed by atoms with Gasteiger partial charge in [-0.2, -0.15) is 0 Å². The first-order valence-corrected chi connectivity index (χ1v) is 6.97. The van der Waals surface area contributed by atoms with Crippen LogP contribution in [-0.4, -0.2) is 27.9 Å². The van der Waals surface area contributed by atoms with Gasteiger partial charge in [-0.25, -0.2) is 0 Å². The van der Waals surface area contributed by atoms with Crippen LogP contribution in [0.1, 0.15) is 24.0 Å². The van der Waals surface area contributed by atoms with Gasteiger partial charge < -0.3 is 20.1 Å². The first-order chi connectivity index (χ1) is 10.5. The molecule has 3 N–H and O–H groups in total. The van der Waals surface area contributed by atoms with E-state index in [4.69, 9.17) is 4.74 Å². The maximum absolute atomic E-state index is 11.5.